The molecule has 0 aromatic heterocycles. The molecule has 1 saturated heterocycles. The Balaban J connectivity index is 1.82. The number of nitrogens with one attached hydrogen (secondary N) is 1. The first-order valence-electron chi connectivity index (χ1n) is 8.31. The molecule has 1 aromatic carbocycles. The van der Waals surface area contributed by atoms with E-state index in [2.05, 4.69) is 48.3 Å². The highest BCUT2D eigenvalue weighted by Gasteiger charge is 2.35. The zero-order valence-corrected chi connectivity index (χ0v) is 13.1. The fourth-order valence-electron chi connectivity index (χ4n) is 3.82. The van der Waals surface area contributed by atoms with Crippen LogP contribution in [0.2, 0.25) is 0 Å². The lowest BCUT2D eigenvalue weighted by Crippen LogP contribution is -2.53. The topological polar surface area (TPSA) is 32.3 Å². The van der Waals surface area contributed by atoms with Gasteiger partial charge in [-0.25, -0.2) is 0 Å². The number of rotatable bonds is 3. The second-order valence-corrected chi connectivity index (χ2v) is 6.65. The van der Waals surface area contributed by atoms with Crippen LogP contribution in [0.1, 0.15) is 56.7 Å². The first-order chi connectivity index (χ1) is 10.2. The summed E-state index contributed by atoms with van der Waals surface area (Å²) in [6, 6.07) is 9.31. The van der Waals surface area contributed by atoms with Crippen molar-refractivity contribution in [1.29, 1.82) is 0 Å². The molecule has 3 rings (SSSR count). The van der Waals surface area contributed by atoms with Gasteiger partial charge in [-0.05, 0) is 43.2 Å². The molecular formula is C18H26N2O. The molecule has 3 heteroatoms. The van der Waals surface area contributed by atoms with E-state index in [1.807, 2.05) is 0 Å². The molecule has 1 N–H and O–H groups in total. The number of fused-ring (bicyclic) bond motifs is 1. The number of aryl methyl sites for hydroxylation is 1. The normalized spacial score (nSPS) is 26.0. The van der Waals surface area contributed by atoms with Gasteiger partial charge in [0.25, 0.3) is 0 Å². The molecule has 1 heterocycles. The summed E-state index contributed by atoms with van der Waals surface area (Å²) in [4.78, 5) is 15.0. The van der Waals surface area contributed by atoms with Crippen LogP contribution in [0.3, 0.4) is 0 Å². The molecule has 2 aliphatic rings. The van der Waals surface area contributed by atoms with E-state index in [1.54, 1.807) is 0 Å². The highest BCUT2D eigenvalue weighted by molar-refractivity contribution is 5.83. The predicted molar refractivity (Wildman–Crippen MR) is 85.1 cm³/mol. The second kappa shape index (κ2) is 6.18. The molecule has 114 valence electrons. The van der Waals surface area contributed by atoms with E-state index < -0.39 is 0 Å². The SMILES string of the molecule is CC(C)NC1CCCN(C2CCCc3ccccc32)C1=O. The van der Waals surface area contributed by atoms with E-state index in [0.717, 1.165) is 32.2 Å². The summed E-state index contributed by atoms with van der Waals surface area (Å²) >= 11 is 0. The smallest absolute Gasteiger partial charge is 0.240 e. The quantitative estimate of drug-likeness (QED) is 0.926. The van der Waals surface area contributed by atoms with Crippen molar-refractivity contribution in [3.05, 3.63) is 35.4 Å². The van der Waals surface area contributed by atoms with Crippen molar-refractivity contribution in [2.45, 2.75) is 64.1 Å². The average Bonchev–Trinajstić information content (AvgIpc) is 2.49. The molecule has 3 nitrogen and oxygen atoms in total. The van der Waals surface area contributed by atoms with Gasteiger partial charge in [0.15, 0.2) is 0 Å². The van der Waals surface area contributed by atoms with Gasteiger partial charge in [-0.1, -0.05) is 38.1 Å². The number of hydrogen-bond donors (Lipinski definition) is 1. The lowest BCUT2D eigenvalue weighted by atomic mass is 9.85. The Bertz CT molecular complexity index is 512. The van der Waals surface area contributed by atoms with Crippen molar-refractivity contribution in [2.24, 2.45) is 0 Å². The minimum atomic E-state index is 0.00726. The Labute approximate surface area is 127 Å². The van der Waals surface area contributed by atoms with Gasteiger partial charge in [0.2, 0.25) is 5.91 Å². The number of likely N-dealkylation sites (tertiary alicyclic amines) is 1. The molecule has 0 bridgehead atoms. The maximum absolute atomic E-state index is 12.8. The number of nitrogens with zero attached hydrogens (tertiary/aromatic N) is 1. The van der Waals surface area contributed by atoms with E-state index in [4.69, 9.17) is 0 Å². The van der Waals surface area contributed by atoms with E-state index >= 15 is 0 Å². The molecule has 21 heavy (non-hydrogen) atoms. The minimum Gasteiger partial charge on any atom is -0.334 e. The maximum atomic E-state index is 12.8. The Morgan fingerprint density at radius 3 is 2.81 bits per heavy atom. The van der Waals surface area contributed by atoms with Crippen molar-refractivity contribution in [2.75, 3.05) is 6.54 Å². The molecule has 0 saturated carbocycles. The summed E-state index contributed by atoms with van der Waals surface area (Å²) in [6.45, 7) is 5.14. The standard InChI is InChI=1S/C18H26N2O/c1-13(2)19-16-10-6-12-20(18(16)21)17-11-5-8-14-7-3-4-9-15(14)17/h3-4,7,9,13,16-17,19H,5-6,8,10-12H2,1-2H3. The Hall–Kier alpha value is -1.35. The molecule has 1 fully saturated rings. The number of piperidine rings is 1. The van der Waals surface area contributed by atoms with Gasteiger partial charge in [0.1, 0.15) is 0 Å². The van der Waals surface area contributed by atoms with Crippen LogP contribution in [0.5, 0.6) is 0 Å². The summed E-state index contributed by atoms with van der Waals surface area (Å²) in [5, 5.41) is 3.43. The fourth-order valence-corrected chi connectivity index (χ4v) is 3.82. The number of carbonyl (C=O) groups excluding carboxylic acids is 1. The third-order valence-corrected chi connectivity index (χ3v) is 4.72. The summed E-state index contributed by atoms with van der Waals surface area (Å²) in [7, 11) is 0. The number of amides is 1. The van der Waals surface area contributed by atoms with Crippen molar-refractivity contribution < 1.29 is 4.79 Å². The van der Waals surface area contributed by atoms with Gasteiger partial charge in [-0.15, -0.1) is 0 Å². The molecular weight excluding hydrogens is 260 g/mol. The van der Waals surface area contributed by atoms with Crippen LogP contribution >= 0.6 is 0 Å². The molecule has 1 aliphatic carbocycles. The predicted octanol–water partition coefficient (Wildman–Crippen LogP) is 3.05. The number of benzene rings is 1. The minimum absolute atomic E-state index is 0.00726. The van der Waals surface area contributed by atoms with Crippen LogP contribution < -0.4 is 5.32 Å². The third-order valence-electron chi connectivity index (χ3n) is 4.72. The van der Waals surface area contributed by atoms with Crippen LogP contribution in [0.15, 0.2) is 24.3 Å². The molecule has 1 aliphatic heterocycles. The lowest BCUT2D eigenvalue weighted by molar-refractivity contribution is -0.139. The highest BCUT2D eigenvalue weighted by atomic mass is 16.2. The van der Waals surface area contributed by atoms with E-state index in [-0.39, 0.29) is 6.04 Å². The zero-order valence-electron chi connectivity index (χ0n) is 13.1. The second-order valence-electron chi connectivity index (χ2n) is 6.65. The van der Waals surface area contributed by atoms with Gasteiger partial charge >= 0.3 is 0 Å². The van der Waals surface area contributed by atoms with Gasteiger partial charge in [-0.2, -0.15) is 0 Å². The van der Waals surface area contributed by atoms with Crippen molar-refractivity contribution in [3.8, 4) is 0 Å². The molecule has 0 spiro atoms. The van der Waals surface area contributed by atoms with Crippen LogP contribution in [0.4, 0.5) is 0 Å². The summed E-state index contributed by atoms with van der Waals surface area (Å²) in [5.41, 5.74) is 2.81. The third kappa shape index (κ3) is 2.98. The summed E-state index contributed by atoms with van der Waals surface area (Å²) < 4.78 is 0. The highest BCUT2D eigenvalue weighted by Crippen LogP contribution is 2.36. The zero-order chi connectivity index (χ0) is 14.8. The fraction of sp³-hybridized carbons (Fsp3) is 0.611. The monoisotopic (exact) mass is 286 g/mol. The van der Waals surface area contributed by atoms with Crippen molar-refractivity contribution >= 4 is 5.91 Å². The first-order valence-corrected chi connectivity index (χ1v) is 8.31. The lowest BCUT2D eigenvalue weighted by Gasteiger charge is -2.41. The van der Waals surface area contributed by atoms with Gasteiger partial charge < -0.3 is 10.2 Å². The summed E-state index contributed by atoms with van der Waals surface area (Å²) in [6.07, 6.45) is 5.53. The molecule has 1 amide bonds. The van der Waals surface area contributed by atoms with Gasteiger partial charge in [0.05, 0.1) is 12.1 Å². The van der Waals surface area contributed by atoms with E-state index in [1.165, 1.54) is 17.5 Å². The molecule has 2 unspecified atom stereocenters. The number of carbonyl (C=O) groups is 1. The van der Waals surface area contributed by atoms with Gasteiger partial charge in [-0.3, -0.25) is 4.79 Å². The first kappa shape index (κ1) is 14.6. The summed E-state index contributed by atoms with van der Waals surface area (Å²) in [5.74, 6) is 0.302. The van der Waals surface area contributed by atoms with Crippen LogP contribution in [-0.4, -0.2) is 29.4 Å². The molecule has 1 aromatic rings. The average molecular weight is 286 g/mol. The Morgan fingerprint density at radius 2 is 2.00 bits per heavy atom. The molecule has 2 atom stereocenters. The number of hydrogen-bond acceptors (Lipinski definition) is 2. The van der Waals surface area contributed by atoms with Crippen molar-refractivity contribution in [1.82, 2.24) is 10.2 Å². The van der Waals surface area contributed by atoms with E-state index in [0.29, 0.717) is 18.0 Å². The Morgan fingerprint density at radius 1 is 1.19 bits per heavy atom. The van der Waals surface area contributed by atoms with Gasteiger partial charge in [0, 0.05) is 12.6 Å². The maximum Gasteiger partial charge on any atom is 0.240 e. The molecule has 0 radical (unpaired) electrons. The largest absolute Gasteiger partial charge is 0.334 e. The van der Waals surface area contributed by atoms with E-state index in [9.17, 15) is 4.79 Å². The van der Waals surface area contributed by atoms with Crippen molar-refractivity contribution in [3.63, 3.8) is 0 Å². The van der Waals surface area contributed by atoms with Crippen LogP contribution in [-0.2, 0) is 11.2 Å². The Kier molecular flexibility index (Phi) is 4.29. The van der Waals surface area contributed by atoms with Crippen LogP contribution in [0, 0.1) is 0 Å². The van der Waals surface area contributed by atoms with Crippen LogP contribution in [0.25, 0.3) is 0 Å².